The van der Waals surface area contributed by atoms with Crippen molar-refractivity contribution in [2.24, 2.45) is 0 Å². The van der Waals surface area contributed by atoms with E-state index in [1.54, 1.807) is 11.0 Å². The number of ether oxygens (including phenoxy) is 2. The number of anilines is 1. The molecular weight excluding hydrogens is 533 g/mol. The predicted molar refractivity (Wildman–Crippen MR) is 163 cm³/mol. The van der Waals surface area contributed by atoms with Gasteiger partial charge in [-0.1, -0.05) is 48.5 Å². The molecule has 3 aromatic rings. The van der Waals surface area contributed by atoms with Crippen LogP contribution < -0.4 is 10.8 Å². The van der Waals surface area contributed by atoms with Crippen molar-refractivity contribution in [2.45, 2.75) is 45.8 Å². The highest BCUT2D eigenvalue weighted by molar-refractivity contribution is 6.59. The van der Waals surface area contributed by atoms with Crippen molar-refractivity contribution in [2.75, 3.05) is 38.1 Å². The predicted octanol–water partition coefficient (Wildman–Crippen LogP) is 4.09. The summed E-state index contributed by atoms with van der Waals surface area (Å²) >= 11 is 0. The Bertz CT molecular complexity index is 1420. The quantitative estimate of drug-likeness (QED) is 0.383. The van der Waals surface area contributed by atoms with Crippen molar-refractivity contribution in [3.63, 3.8) is 0 Å². The second-order valence-corrected chi connectivity index (χ2v) is 11.9. The summed E-state index contributed by atoms with van der Waals surface area (Å²) in [7, 11) is -1.70. The summed E-state index contributed by atoms with van der Waals surface area (Å²) in [5.41, 5.74) is 6.32. The number of fused-ring (bicyclic) bond motifs is 3. The van der Waals surface area contributed by atoms with Crippen LogP contribution in [0.1, 0.15) is 48.9 Å². The largest absolute Gasteiger partial charge is 0.488 e. The van der Waals surface area contributed by atoms with Gasteiger partial charge in [-0.3, -0.25) is 10.2 Å². The van der Waals surface area contributed by atoms with E-state index in [9.17, 15) is 19.6 Å². The Kier molecular flexibility index (Phi) is 8.59. The summed E-state index contributed by atoms with van der Waals surface area (Å²) < 4.78 is 11.2. The molecule has 0 unspecified atom stereocenters. The van der Waals surface area contributed by atoms with E-state index in [0.717, 1.165) is 33.4 Å². The summed E-state index contributed by atoms with van der Waals surface area (Å²) in [6.45, 7) is 10.4. The maximum Gasteiger partial charge on any atom is 0.488 e. The summed E-state index contributed by atoms with van der Waals surface area (Å²) in [6, 6.07) is 19.7. The lowest BCUT2D eigenvalue weighted by atomic mass is 9.75. The van der Waals surface area contributed by atoms with Crippen molar-refractivity contribution < 1.29 is 29.1 Å². The fourth-order valence-electron chi connectivity index (χ4n) is 5.71. The minimum absolute atomic E-state index is 0.0640. The van der Waals surface area contributed by atoms with Gasteiger partial charge < -0.3 is 24.4 Å². The Labute approximate surface area is 247 Å². The van der Waals surface area contributed by atoms with Crippen LogP contribution in [0.25, 0.3) is 11.1 Å². The van der Waals surface area contributed by atoms with Crippen LogP contribution in [-0.2, 0) is 16.0 Å². The minimum Gasteiger partial charge on any atom is -0.448 e. The van der Waals surface area contributed by atoms with Gasteiger partial charge in [-0.25, -0.2) is 9.59 Å². The average molecular weight is 571 g/mol. The number of rotatable bonds is 6. The van der Waals surface area contributed by atoms with Crippen LogP contribution in [0.2, 0.25) is 0 Å². The van der Waals surface area contributed by atoms with Crippen LogP contribution in [0.4, 0.5) is 15.3 Å². The van der Waals surface area contributed by atoms with Gasteiger partial charge in [-0.15, -0.1) is 0 Å². The van der Waals surface area contributed by atoms with Crippen molar-refractivity contribution >= 4 is 30.5 Å². The molecular formula is C32H38BN3O6. The molecule has 0 bridgehead atoms. The van der Waals surface area contributed by atoms with Gasteiger partial charge in [0.1, 0.15) is 12.2 Å². The van der Waals surface area contributed by atoms with Crippen LogP contribution in [-0.4, -0.2) is 77.5 Å². The molecule has 3 N–H and O–H groups in total. The van der Waals surface area contributed by atoms with Crippen molar-refractivity contribution in [1.29, 1.82) is 0 Å². The van der Waals surface area contributed by atoms with E-state index < -0.39 is 18.8 Å². The lowest BCUT2D eigenvalue weighted by Gasteiger charge is -2.36. The fraction of sp³-hybridized carbons (Fsp3) is 0.375. The molecule has 0 aromatic heterocycles. The van der Waals surface area contributed by atoms with Gasteiger partial charge in [0.2, 0.25) is 0 Å². The molecule has 1 aliphatic carbocycles. The number of carbonyl (C=O) groups is 2. The molecule has 1 aliphatic heterocycles. The number of hydrogen-bond donors (Lipinski definition) is 3. The molecule has 10 heteroatoms. The molecule has 1 saturated heterocycles. The molecule has 0 spiro atoms. The number of hydrogen-bond acceptors (Lipinski definition) is 7. The van der Waals surface area contributed by atoms with Crippen molar-refractivity contribution in [3.8, 4) is 11.1 Å². The number of nitrogens with one attached hydrogen (secondary N) is 1. The average Bonchev–Trinajstić information content (AvgIpc) is 3.26. The molecule has 0 radical (unpaired) electrons. The molecule has 9 nitrogen and oxygen atoms in total. The number of carbonyl (C=O) groups excluding carboxylic acids is 2. The highest BCUT2D eigenvalue weighted by Gasteiger charge is 2.30. The summed E-state index contributed by atoms with van der Waals surface area (Å²) in [5.74, 6) is -0.0640. The SMILES string of the molecule is Cc1c(CN2CCN(C(=O)OC(C)(C)C)CC2)cc(NC(=O)OCC2c3ccccc3-c3ccccc32)cc1B(O)O. The van der Waals surface area contributed by atoms with Crippen LogP contribution in [0, 0.1) is 6.92 Å². The van der Waals surface area contributed by atoms with Crippen molar-refractivity contribution in [3.05, 3.63) is 82.9 Å². The molecule has 42 heavy (non-hydrogen) atoms. The van der Waals surface area contributed by atoms with E-state index >= 15 is 0 Å². The molecule has 2 aliphatic rings. The molecule has 1 fully saturated rings. The van der Waals surface area contributed by atoms with E-state index in [1.807, 2.05) is 58.0 Å². The molecule has 220 valence electrons. The first-order valence-corrected chi connectivity index (χ1v) is 14.3. The standard InChI is InChI=1S/C32H38BN3O6/c1-21-22(19-35-13-15-36(16-14-35)31(38)42-32(2,3)4)17-23(18-29(21)33(39)40)34-30(37)41-20-28-26-11-7-5-9-24(26)25-10-6-8-12-27(25)28/h5-12,17-18,28,39-40H,13-16,19-20H2,1-4H3,(H,34,37). The normalized spacial score (nSPS) is 15.1. The lowest BCUT2D eigenvalue weighted by molar-refractivity contribution is 0.0139. The Hall–Kier alpha value is -3.86. The van der Waals surface area contributed by atoms with Crippen LogP contribution in [0.5, 0.6) is 0 Å². The number of benzene rings is 3. The highest BCUT2D eigenvalue weighted by atomic mass is 16.6. The van der Waals surface area contributed by atoms with E-state index in [2.05, 4.69) is 34.5 Å². The smallest absolute Gasteiger partial charge is 0.448 e. The molecule has 3 aromatic carbocycles. The zero-order chi connectivity index (χ0) is 30.0. The second kappa shape index (κ2) is 12.2. The minimum atomic E-state index is -1.70. The Balaban J connectivity index is 1.24. The first-order valence-electron chi connectivity index (χ1n) is 14.3. The Morgan fingerprint density at radius 1 is 0.952 bits per heavy atom. The summed E-state index contributed by atoms with van der Waals surface area (Å²) in [5, 5.41) is 22.9. The second-order valence-electron chi connectivity index (χ2n) is 11.9. The molecule has 5 rings (SSSR count). The van der Waals surface area contributed by atoms with Crippen molar-refractivity contribution in [1.82, 2.24) is 9.80 Å². The monoisotopic (exact) mass is 571 g/mol. The summed E-state index contributed by atoms with van der Waals surface area (Å²) in [4.78, 5) is 29.3. The maximum absolute atomic E-state index is 12.9. The topological polar surface area (TPSA) is 112 Å². The van der Waals surface area contributed by atoms with Crippen LogP contribution >= 0.6 is 0 Å². The van der Waals surface area contributed by atoms with Gasteiger partial charge in [0, 0.05) is 44.3 Å². The van der Waals surface area contributed by atoms with Gasteiger partial charge in [-0.05, 0) is 78.7 Å². The fourth-order valence-corrected chi connectivity index (χ4v) is 5.71. The number of nitrogens with zero attached hydrogens (tertiary/aromatic N) is 2. The van der Waals surface area contributed by atoms with E-state index in [1.165, 1.54) is 0 Å². The molecule has 2 amide bonds. The van der Waals surface area contributed by atoms with Gasteiger partial charge in [0.15, 0.2) is 0 Å². The maximum atomic E-state index is 12.9. The summed E-state index contributed by atoms with van der Waals surface area (Å²) in [6.07, 6.45) is -0.936. The third kappa shape index (κ3) is 6.62. The van der Waals surface area contributed by atoms with Gasteiger partial charge >= 0.3 is 19.3 Å². The van der Waals surface area contributed by atoms with E-state index in [4.69, 9.17) is 9.47 Å². The lowest BCUT2D eigenvalue weighted by Crippen LogP contribution is -2.49. The first-order chi connectivity index (χ1) is 20.0. The first kappa shape index (κ1) is 29.6. The van der Waals surface area contributed by atoms with Crippen LogP contribution in [0.15, 0.2) is 60.7 Å². The zero-order valence-corrected chi connectivity index (χ0v) is 24.6. The third-order valence-electron chi connectivity index (χ3n) is 7.84. The number of piperazine rings is 1. The Morgan fingerprint density at radius 2 is 1.55 bits per heavy atom. The van der Waals surface area contributed by atoms with Gasteiger partial charge in [0.05, 0.1) is 0 Å². The van der Waals surface area contributed by atoms with Crippen LogP contribution in [0.3, 0.4) is 0 Å². The molecule has 0 atom stereocenters. The molecule has 0 saturated carbocycles. The van der Waals surface area contributed by atoms with Gasteiger partial charge in [0.25, 0.3) is 0 Å². The van der Waals surface area contributed by atoms with E-state index in [0.29, 0.717) is 43.9 Å². The zero-order valence-electron chi connectivity index (χ0n) is 24.6. The Morgan fingerprint density at radius 3 is 2.12 bits per heavy atom. The third-order valence-corrected chi connectivity index (χ3v) is 7.84. The number of amides is 2. The highest BCUT2D eigenvalue weighted by Crippen LogP contribution is 2.44. The van der Waals surface area contributed by atoms with Gasteiger partial charge in [-0.2, -0.15) is 0 Å². The molecule has 1 heterocycles. The van der Waals surface area contributed by atoms with E-state index in [-0.39, 0.29) is 18.6 Å².